The van der Waals surface area contributed by atoms with Gasteiger partial charge in [-0.1, -0.05) is 36.5 Å². The van der Waals surface area contributed by atoms with E-state index in [0.29, 0.717) is 34.1 Å². The summed E-state index contributed by atoms with van der Waals surface area (Å²) in [6, 6.07) is 17.1. The number of aliphatic hydroxyl groups is 1. The average molecular weight is 503 g/mol. The number of aromatic nitrogens is 1. The Morgan fingerprint density at radius 3 is 2.44 bits per heavy atom. The lowest BCUT2D eigenvalue weighted by Gasteiger charge is -2.23. The largest absolute Gasteiger partial charge is 0.507 e. The minimum absolute atomic E-state index is 0.0794. The van der Waals surface area contributed by atoms with E-state index in [1.165, 1.54) is 40.5 Å². The molecule has 36 heavy (non-hydrogen) atoms. The average Bonchev–Trinajstić information content (AvgIpc) is 3.42. The van der Waals surface area contributed by atoms with E-state index in [1.807, 2.05) is 25.1 Å². The number of amides is 1. The maximum Gasteiger partial charge on any atom is 0.301 e. The highest BCUT2D eigenvalue weighted by molar-refractivity contribution is 7.22. The number of carbonyl (C=O) groups excluding carboxylic acids is 2. The smallest absolute Gasteiger partial charge is 0.301 e. The minimum Gasteiger partial charge on any atom is -0.507 e. The Kier molecular flexibility index (Phi) is 6.28. The van der Waals surface area contributed by atoms with Crippen LogP contribution in [0, 0.1) is 5.82 Å². The summed E-state index contributed by atoms with van der Waals surface area (Å²) in [5, 5.41) is 11.6. The second kappa shape index (κ2) is 9.54. The quantitative estimate of drug-likeness (QED) is 0.198. The number of hydrogen-bond acceptors (Lipinski definition) is 6. The van der Waals surface area contributed by atoms with E-state index in [-0.39, 0.29) is 11.3 Å². The molecule has 1 atom stereocenters. The molecule has 5 rings (SSSR count). The number of benzene rings is 3. The van der Waals surface area contributed by atoms with Crippen LogP contribution in [0.1, 0.15) is 36.6 Å². The molecule has 0 unspecified atom stereocenters. The van der Waals surface area contributed by atoms with Gasteiger partial charge in [-0.25, -0.2) is 9.37 Å². The number of ether oxygens (including phenoxy) is 1. The molecule has 1 aliphatic rings. The maximum absolute atomic E-state index is 13.7. The molecule has 0 spiro atoms. The van der Waals surface area contributed by atoms with Crippen LogP contribution in [0.5, 0.6) is 5.75 Å². The summed E-state index contributed by atoms with van der Waals surface area (Å²) in [5.41, 5.74) is 2.60. The molecule has 8 heteroatoms. The van der Waals surface area contributed by atoms with Gasteiger partial charge in [-0.3, -0.25) is 14.5 Å². The SMILES string of the molecule is CCOc1ccc(C(O)=C2C(=O)C(=O)N(c3nc4ccc(CC)cc4s3)[C@H]2c2ccc(F)cc2)cc1. The van der Waals surface area contributed by atoms with E-state index < -0.39 is 23.5 Å². The third kappa shape index (κ3) is 4.13. The molecule has 4 aromatic rings. The Morgan fingerprint density at radius 2 is 1.78 bits per heavy atom. The Labute approximate surface area is 211 Å². The molecule has 6 nitrogen and oxygen atoms in total. The first kappa shape index (κ1) is 23.7. The Balaban J connectivity index is 1.67. The summed E-state index contributed by atoms with van der Waals surface area (Å²) in [6.07, 6.45) is 0.853. The number of Topliss-reactive ketones (excluding diaryl/α,β-unsaturated/α-hetero) is 1. The summed E-state index contributed by atoms with van der Waals surface area (Å²) in [4.78, 5) is 32.6. The van der Waals surface area contributed by atoms with Crippen LogP contribution in [0.3, 0.4) is 0 Å². The lowest BCUT2D eigenvalue weighted by atomic mass is 9.95. The van der Waals surface area contributed by atoms with Crippen molar-refractivity contribution in [2.24, 2.45) is 0 Å². The fraction of sp³-hybridized carbons (Fsp3) is 0.179. The van der Waals surface area contributed by atoms with Crippen molar-refractivity contribution >= 4 is 44.1 Å². The van der Waals surface area contributed by atoms with Crippen LogP contribution in [-0.2, 0) is 16.0 Å². The number of hydrogen-bond donors (Lipinski definition) is 1. The minimum atomic E-state index is -0.969. The highest BCUT2D eigenvalue weighted by atomic mass is 32.1. The lowest BCUT2D eigenvalue weighted by molar-refractivity contribution is -0.132. The van der Waals surface area contributed by atoms with Gasteiger partial charge in [0.2, 0.25) is 0 Å². The van der Waals surface area contributed by atoms with E-state index >= 15 is 0 Å². The zero-order valence-corrected chi connectivity index (χ0v) is 20.5. The van der Waals surface area contributed by atoms with Crippen molar-refractivity contribution in [1.29, 1.82) is 0 Å². The predicted molar refractivity (Wildman–Crippen MR) is 138 cm³/mol. The van der Waals surface area contributed by atoms with Gasteiger partial charge in [0, 0.05) is 5.56 Å². The van der Waals surface area contributed by atoms with Crippen LogP contribution in [0.25, 0.3) is 16.0 Å². The normalized spacial score (nSPS) is 17.2. The van der Waals surface area contributed by atoms with Gasteiger partial charge in [-0.2, -0.15) is 0 Å². The fourth-order valence-corrected chi connectivity index (χ4v) is 5.36. The van der Waals surface area contributed by atoms with Gasteiger partial charge in [0.1, 0.15) is 17.3 Å². The van der Waals surface area contributed by atoms with Crippen molar-refractivity contribution < 1.29 is 23.8 Å². The van der Waals surface area contributed by atoms with Gasteiger partial charge in [-0.15, -0.1) is 0 Å². The molecular formula is C28H23FN2O4S. The summed E-state index contributed by atoms with van der Waals surface area (Å²) in [6.45, 7) is 4.41. The predicted octanol–water partition coefficient (Wildman–Crippen LogP) is 6.02. The summed E-state index contributed by atoms with van der Waals surface area (Å²) in [5.74, 6) is -1.78. The van der Waals surface area contributed by atoms with Crippen molar-refractivity contribution in [1.82, 2.24) is 4.98 Å². The number of aliphatic hydroxyl groups excluding tert-OH is 1. The topological polar surface area (TPSA) is 79.7 Å². The molecule has 0 bridgehead atoms. The van der Waals surface area contributed by atoms with Crippen LogP contribution >= 0.6 is 11.3 Å². The van der Waals surface area contributed by atoms with Crippen molar-refractivity contribution in [2.45, 2.75) is 26.3 Å². The van der Waals surface area contributed by atoms with Gasteiger partial charge < -0.3 is 9.84 Å². The molecule has 1 fully saturated rings. The van der Waals surface area contributed by atoms with Crippen molar-refractivity contribution in [3.05, 3.63) is 94.8 Å². The summed E-state index contributed by atoms with van der Waals surface area (Å²) in [7, 11) is 0. The molecule has 0 radical (unpaired) electrons. The molecule has 1 N–H and O–H groups in total. The summed E-state index contributed by atoms with van der Waals surface area (Å²) < 4.78 is 20.1. The number of ketones is 1. The number of rotatable bonds is 6. The van der Waals surface area contributed by atoms with Crippen LogP contribution in [0.2, 0.25) is 0 Å². The first-order chi connectivity index (χ1) is 17.4. The van der Waals surface area contributed by atoms with E-state index in [9.17, 15) is 19.1 Å². The second-order valence-corrected chi connectivity index (χ2v) is 9.34. The van der Waals surface area contributed by atoms with Crippen molar-refractivity contribution in [3.8, 4) is 5.75 Å². The number of nitrogens with zero attached hydrogens (tertiary/aromatic N) is 2. The number of halogens is 1. The van der Waals surface area contributed by atoms with Crippen LogP contribution in [0.4, 0.5) is 9.52 Å². The van der Waals surface area contributed by atoms with Crippen molar-refractivity contribution in [2.75, 3.05) is 11.5 Å². The van der Waals surface area contributed by atoms with E-state index in [1.54, 1.807) is 24.3 Å². The fourth-order valence-electron chi connectivity index (χ4n) is 4.30. The molecule has 1 aliphatic heterocycles. The van der Waals surface area contributed by atoms with Crippen LogP contribution < -0.4 is 9.64 Å². The third-order valence-electron chi connectivity index (χ3n) is 6.12. The van der Waals surface area contributed by atoms with Crippen LogP contribution in [0.15, 0.2) is 72.3 Å². The molecule has 0 saturated carbocycles. The second-order valence-electron chi connectivity index (χ2n) is 8.33. The number of thiazole rings is 1. The lowest BCUT2D eigenvalue weighted by Crippen LogP contribution is -2.29. The highest BCUT2D eigenvalue weighted by Gasteiger charge is 2.48. The van der Waals surface area contributed by atoms with E-state index in [2.05, 4.69) is 11.9 Å². The zero-order chi connectivity index (χ0) is 25.4. The standard InChI is InChI=1S/C28H23FN2O4S/c1-3-16-5-14-21-22(15-16)36-28(30-21)31-24(17-6-10-19(29)11-7-17)23(26(33)27(31)34)25(32)18-8-12-20(13-9-18)35-4-2/h5-15,24,32H,3-4H2,1-2H3/t24-/m0/s1. The molecule has 1 amide bonds. The first-order valence-electron chi connectivity index (χ1n) is 11.6. The van der Waals surface area contributed by atoms with Gasteiger partial charge in [-0.05, 0) is 73.0 Å². The number of aryl methyl sites for hydroxylation is 1. The molecule has 0 aliphatic carbocycles. The monoisotopic (exact) mass is 502 g/mol. The Morgan fingerprint density at radius 1 is 1.06 bits per heavy atom. The molecular weight excluding hydrogens is 479 g/mol. The van der Waals surface area contributed by atoms with Crippen LogP contribution in [-0.4, -0.2) is 28.4 Å². The van der Waals surface area contributed by atoms with Crippen molar-refractivity contribution in [3.63, 3.8) is 0 Å². The molecule has 182 valence electrons. The molecule has 2 heterocycles. The van der Waals surface area contributed by atoms with Gasteiger partial charge >= 0.3 is 5.91 Å². The van der Waals surface area contributed by atoms with Gasteiger partial charge in [0.05, 0.1) is 28.4 Å². The first-order valence-corrected chi connectivity index (χ1v) is 12.4. The Hall–Kier alpha value is -4.04. The third-order valence-corrected chi connectivity index (χ3v) is 7.14. The molecule has 3 aromatic carbocycles. The van der Waals surface area contributed by atoms with E-state index in [0.717, 1.165) is 16.7 Å². The van der Waals surface area contributed by atoms with Gasteiger partial charge in [0.15, 0.2) is 5.13 Å². The Bertz CT molecular complexity index is 1490. The summed E-state index contributed by atoms with van der Waals surface area (Å²) >= 11 is 1.30. The van der Waals surface area contributed by atoms with E-state index in [4.69, 9.17) is 4.74 Å². The maximum atomic E-state index is 13.7. The molecule has 1 saturated heterocycles. The number of carbonyl (C=O) groups is 2. The zero-order valence-electron chi connectivity index (χ0n) is 19.7. The number of fused-ring (bicyclic) bond motifs is 1. The number of anilines is 1. The van der Waals surface area contributed by atoms with Gasteiger partial charge in [0.25, 0.3) is 5.78 Å². The molecule has 1 aromatic heterocycles. The highest BCUT2D eigenvalue weighted by Crippen LogP contribution is 2.44.